The van der Waals surface area contributed by atoms with E-state index in [9.17, 15) is 9.18 Å². The molecule has 1 fully saturated rings. The van der Waals surface area contributed by atoms with Gasteiger partial charge in [0, 0.05) is 12.2 Å². The van der Waals surface area contributed by atoms with Gasteiger partial charge in [-0.25, -0.2) is 9.18 Å². The minimum absolute atomic E-state index is 0.220. The van der Waals surface area contributed by atoms with Gasteiger partial charge in [0.05, 0.1) is 25.8 Å². The van der Waals surface area contributed by atoms with Crippen molar-refractivity contribution in [2.24, 2.45) is 0 Å². The Kier molecular flexibility index (Phi) is 3.58. The topological polar surface area (TPSA) is 38.8 Å². The summed E-state index contributed by atoms with van der Waals surface area (Å²) in [7, 11) is 1.34. The second-order valence-electron chi connectivity index (χ2n) is 3.77. The number of morpholine rings is 1. The maximum absolute atomic E-state index is 13.0. The first kappa shape index (κ1) is 11.9. The lowest BCUT2D eigenvalue weighted by Crippen LogP contribution is -2.40. The number of carbonyl (C=O) groups excluding carboxylic acids is 1. The molecule has 92 valence electrons. The Hall–Kier alpha value is -1.62. The zero-order valence-electron chi connectivity index (χ0n) is 9.56. The number of alkyl halides is 1. The van der Waals surface area contributed by atoms with Crippen LogP contribution < -0.4 is 4.90 Å². The predicted octanol–water partition coefficient (Wildman–Crippen LogP) is 1.61. The fourth-order valence-electron chi connectivity index (χ4n) is 1.77. The summed E-state index contributed by atoms with van der Waals surface area (Å²) in [5, 5.41) is 0. The quantitative estimate of drug-likeness (QED) is 0.735. The Bertz CT molecular complexity index is 393. The molecule has 0 aliphatic carbocycles. The summed E-state index contributed by atoms with van der Waals surface area (Å²) in [6.45, 7) is 1.25. The van der Waals surface area contributed by atoms with Crippen LogP contribution in [0.1, 0.15) is 10.4 Å². The van der Waals surface area contributed by atoms with Crippen LogP contribution in [0.25, 0.3) is 0 Å². The Balaban J connectivity index is 2.09. The third-order valence-electron chi connectivity index (χ3n) is 2.68. The van der Waals surface area contributed by atoms with Crippen LogP contribution >= 0.6 is 0 Å². The molecule has 4 nitrogen and oxygen atoms in total. The van der Waals surface area contributed by atoms with Gasteiger partial charge < -0.3 is 14.4 Å². The van der Waals surface area contributed by atoms with Gasteiger partial charge in [-0.3, -0.25) is 0 Å². The summed E-state index contributed by atoms with van der Waals surface area (Å²) < 4.78 is 22.5. The second-order valence-corrected chi connectivity index (χ2v) is 3.77. The van der Waals surface area contributed by atoms with Crippen molar-refractivity contribution >= 4 is 11.7 Å². The second kappa shape index (κ2) is 5.14. The first-order valence-electron chi connectivity index (χ1n) is 5.39. The van der Waals surface area contributed by atoms with Crippen LogP contribution in [0.5, 0.6) is 0 Å². The van der Waals surface area contributed by atoms with Crippen LogP contribution in [-0.2, 0) is 9.47 Å². The van der Waals surface area contributed by atoms with E-state index in [1.807, 2.05) is 4.90 Å². The average molecular weight is 239 g/mol. The van der Waals surface area contributed by atoms with Crippen molar-refractivity contribution in [3.8, 4) is 0 Å². The number of carbonyl (C=O) groups is 1. The van der Waals surface area contributed by atoms with Gasteiger partial charge in [0.2, 0.25) is 6.36 Å². The summed E-state index contributed by atoms with van der Waals surface area (Å²) in [6.07, 6.45) is -1.25. The van der Waals surface area contributed by atoms with Crippen molar-refractivity contribution in [2.75, 3.05) is 31.7 Å². The fourth-order valence-corrected chi connectivity index (χ4v) is 1.77. The standard InChI is InChI=1S/C12H14FNO3/c1-16-12(15)9-2-4-10(5-3-9)14-6-7-17-11(13)8-14/h2-5,11H,6-8H2,1H3. The highest BCUT2D eigenvalue weighted by Crippen LogP contribution is 2.19. The third-order valence-corrected chi connectivity index (χ3v) is 2.68. The maximum Gasteiger partial charge on any atom is 0.337 e. The molecule has 2 rings (SSSR count). The number of nitrogens with zero attached hydrogens (tertiary/aromatic N) is 1. The molecule has 5 heteroatoms. The van der Waals surface area contributed by atoms with Crippen LogP contribution in [0, 0.1) is 0 Å². The highest BCUT2D eigenvalue weighted by molar-refractivity contribution is 5.89. The van der Waals surface area contributed by atoms with Crippen LogP contribution in [0.3, 0.4) is 0 Å². The van der Waals surface area contributed by atoms with Crippen molar-refractivity contribution in [1.29, 1.82) is 0 Å². The molecule has 1 saturated heterocycles. The SMILES string of the molecule is COC(=O)c1ccc(N2CCOC(F)C2)cc1. The van der Waals surface area contributed by atoms with E-state index in [2.05, 4.69) is 4.74 Å². The van der Waals surface area contributed by atoms with Crippen molar-refractivity contribution in [2.45, 2.75) is 6.36 Å². The molecule has 0 saturated carbocycles. The highest BCUT2D eigenvalue weighted by atomic mass is 19.1. The van der Waals surface area contributed by atoms with E-state index in [1.54, 1.807) is 24.3 Å². The lowest BCUT2D eigenvalue weighted by atomic mass is 10.2. The van der Waals surface area contributed by atoms with Crippen molar-refractivity contribution < 1.29 is 18.7 Å². The van der Waals surface area contributed by atoms with Crippen LogP contribution in [0.15, 0.2) is 24.3 Å². The van der Waals surface area contributed by atoms with Crippen LogP contribution in [0.4, 0.5) is 10.1 Å². The van der Waals surface area contributed by atoms with E-state index in [0.29, 0.717) is 18.7 Å². The summed E-state index contributed by atoms with van der Waals surface area (Å²) in [6, 6.07) is 6.91. The van der Waals surface area contributed by atoms with Gasteiger partial charge in [0.15, 0.2) is 0 Å². The summed E-state index contributed by atoms with van der Waals surface area (Å²) >= 11 is 0. The maximum atomic E-state index is 13.0. The molecular formula is C12H14FNO3. The Morgan fingerprint density at radius 1 is 1.47 bits per heavy atom. The molecular weight excluding hydrogens is 225 g/mol. The lowest BCUT2D eigenvalue weighted by molar-refractivity contribution is -0.0465. The monoisotopic (exact) mass is 239 g/mol. The number of halogens is 1. The zero-order valence-corrected chi connectivity index (χ0v) is 9.56. The first-order chi connectivity index (χ1) is 8.20. The minimum Gasteiger partial charge on any atom is -0.465 e. The van der Waals surface area contributed by atoms with Gasteiger partial charge in [-0.2, -0.15) is 0 Å². The summed E-state index contributed by atoms with van der Waals surface area (Å²) in [4.78, 5) is 13.1. The molecule has 1 aliphatic heterocycles. The zero-order chi connectivity index (χ0) is 12.3. The van der Waals surface area contributed by atoms with Crippen LogP contribution in [-0.4, -0.2) is 39.1 Å². The number of hydrogen-bond acceptors (Lipinski definition) is 4. The molecule has 1 heterocycles. The average Bonchev–Trinajstić information content (AvgIpc) is 2.38. The van der Waals surface area contributed by atoms with Gasteiger partial charge in [-0.15, -0.1) is 0 Å². The Labute approximate surface area is 98.9 Å². The molecule has 0 spiro atoms. The van der Waals surface area contributed by atoms with E-state index >= 15 is 0 Å². The number of rotatable bonds is 2. The highest BCUT2D eigenvalue weighted by Gasteiger charge is 2.19. The summed E-state index contributed by atoms with van der Waals surface area (Å²) in [5.41, 5.74) is 1.37. The Morgan fingerprint density at radius 2 is 2.18 bits per heavy atom. The fraction of sp³-hybridized carbons (Fsp3) is 0.417. The molecule has 0 radical (unpaired) electrons. The van der Waals surface area contributed by atoms with Gasteiger partial charge in [0.25, 0.3) is 0 Å². The molecule has 1 aromatic carbocycles. The van der Waals surface area contributed by atoms with E-state index in [0.717, 1.165) is 5.69 Å². The molecule has 17 heavy (non-hydrogen) atoms. The van der Waals surface area contributed by atoms with E-state index in [4.69, 9.17) is 4.74 Å². The van der Waals surface area contributed by atoms with E-state index in [-0.39, 0.29) is 12.5 Å². The molecule has 0 bridgehead atoms. The number of esters is 1. The number of benzene rings is 1. The van der Waals surface area contributed by atoms with E-state index in [1.165, 1.54) is 7.11 Å². The van der Waals surface area contributed by atoms with Gasteiger partial charge in [-0.05, 0) is 24.3 Å². The Morgan fingerprint density at radius 3 is 2.76 bits per heavy atom. The first-order valence-corrected chi connectivity index (χ1v) is 5.39. The number of hydrogen-bond donors (Lipinski definition) is 0. The largest absolute Gasteiger partial charge is 0.465 e. The van der Waals surface area contributed by atoms with Gasteiger partial charge >= 0.3 is 5.97 Å². The lowest BCUT2D eigenvalue weighted by Gasteiger charge is -2.30. The molecule has 0 N–H and O–H groups in total. The van der Waals surface area contributed by atoms with Crippen LogP contribution in [0.2, 0.25) is 0 Å². The van der Waals surface area contributed by atoms with Crippen molar-refractivity contribution in [3.05, 3.63) is 29.8 Å². The molecule has 1 aromatic rings. The number of methoxy groups -OCH3 is 1. The van der Waals surface area contributed by atoms with Gasteiger partial charge in [0.1, 0.15) is 0 Å². The molecule has 0 aromatic heterocycles. The molecule has 1 aliphatic rings. The summed E-state index contributed by atoms with van der Waals surface area (Å²) in [5.74, 6) is -0.373. The minimum atomic E-state index is -1.25. The third kappa shape index (κ3) is 2.74. The predicted molar refractivity (Wildman–Crippen MR) is 60.8 cm³/mol. The van der Waals surface area contributed by atoms with Crippen molar-refractivity contribution in [3.63, 3.8) is 0 Å². The molecule has 1 unspecified atom stereocenters. The molecule has 0 amide bonds. The smallest absolute Gasteiger partial charge is 0.337 e. The van der Waals surface area contributed by atoms with Gasteiger partial charge in [-0.1, -0.05) is 0 Å². The molecule has 1 atom stereocenters. The number of ether oxygens (including phenoxy) is 2. The van der Waals surface area contributed by atoms with Crippen molar-refractivity contribution in [1.82, 2.24) is 0 Å². The normalized spacial score (nSPS) is 20.1. The number of anilines is 1. The van der Waals surface area contributed by atoms with E-state index < -0.39 is 6.36 Å².